The quantitative estimate of drug-likeness (QED) is 0.354. The molecule has 0 aliphatic carbocycles. The third-order valence-electron chi connectivity index (χ3n) is 1.62. The Morgan fingerprint density at radius 2 is 1.56 bits per heavy atom. The van der Waals surface area contributed by atoms with Crippen LogP contribution < -0.4 is 0 Å². The van der Waals surface area contributed by atoms with E-state index in [1.165, 1.54) is 0 Å². The summed E-state index contributed by atoms with van der Waals surface area (Å²) in [6.45, 7) is 0. The molecule has 0 amide bonds. The Kier molecular flexibility index (Phi) is 7.58. The second-order valence-electron chi connectivity index (χ2n) is 3.43. The molecular weight excluding hydrogens is 267 g/mol. The van der Waals surface area contributed by atoms with Crippen molar-refractivity contribution in [2.45, 2.75) is 0 Å². The fourth-order valence-corrected chi connectivity index (χ4v) is 1.71. The fourth-order valence-electron chi connectivity index (χ4n) is 1.05. The van der Waals surface area contributed by atoms with Crippen molar-refractivity contribution in [3.8, 4) is 0 Å². The molecule has 0 aliphatic heterocycles. The van der Waals surface area contributed by atoms with Crippen LogP contribution in [0.2, 0.25) is 0 Å². The van der Waals surface area contributed by atoms with Crippen LogP contribution in [0.5, 0.6) is 0 Å². The molecule has 18 heavy (non-hydrogen) atoms. The van der Waals surface area contributed by atoms with Crippen LogP contribution in [0, 0.1) is 0 Å². The Bertz CT molecular complexity index is 359. The van der Waals surface area contributed by atoms with E-state index in [4.69, 9.17) is 4.74 Å². The molecule has 0 spiro atoms. The fraction of sp³-hybridized carbons (Fsp3) is 0.273. The molecule has 0 aromatic heterocycles. The molecule has 7 heteroatoms. The number of rotatable bonds is 3. The van der Waals surface area contributed by atoms with E-state index in [0.29, 0.717) is 0 Å². The second-order valence-corrected chi connectivity index (χ2v) is 5.42. The normalized spacial score (nSPS) is 11.9. The smallest absolute Gasteiger partial charge is 0.492 e. The van der Waals surface area contributed by atoms with Gasteiger partial charge in [0, 0.05) is 16.5 Å². The number of hydrogen-bond donors (Lipinski definition) is 0. The predicted octanol–water partition coefficient (Wildman–Crippen LogP) is 3.81. The van der Waals surface area contributed by atoms with Gasteiger partial charge in [-0.3, -0.25) is 0 Å². The Balaban J connectivity index is 0.000000494. The Morgan fingerprint density at radius 1 is 1.11 bits per heavy atom. The number of ether oxygens (including phenoxy) is 1. The van der Waals surface area contributed by atoms with Crippen molar-refractivity contribution in [3.05, 3.63) is 41.3 Å². The minimum atomic E-state index is -6.00. The van der Waals surface area contributed by atoms with Gasteiger partial charge in [-0.25, -0.2) is 0 Å². The van der Waals surface area contributed by atoms with Gasteiger partial charge in [-0.2, -0.15) is 0 Å². The van der Waals surface area contributed by atoms with E-state index in [9.17, 15) is 17.3 Å². The van der Waals surface area contributed by atoms with Crippen LogP contribution in [0.15, 0.2) is 35.7 Å². The molecule has 1 rings (SSSR count). The van der Waals surface area contributed by atoms with Crippen molar-refractivity contribution in [3.63, 3.8) is 0 Å². The van der Waals surface area contributed by atoms with Crippen molar-refractivity contribution >= 4 is 23.9 Å². The van der Waals surface area contributed by atoms with Crippen molar-refractivity contribution in [1.29, 1.82) is 0 Å². The molecule has 1 aromatic rings. The summed E-state index contributed by atoms with van der Waals surface area (Å²) in [5.74, 6) is 0.967. The summed E-state index contributed by atoms with van der Waals surface area (Å²) < 4.78 is 44.3. The van der Waals surface area contributed by atoms with Crippen molar-refractivity contribution in [2.24, 2.45) is 0 Å². The van der Waals surface area contributed by atoms with Gasteiger partial charge in [0.25, 0.3) is 0 Å². The van der Waals surface area contributed by atoms with E-state index in [1.54, 1.807) is 7.11 Å². The standard InChI is InChI=1S/C11H15OS.BF4/c1-12-11(9-13(2)3)10-7-5-4-6-8-10;2-1(3,4)5/h4-9H,1-3H3;/q+1;-1/b11-9+;. The highest BCUT2D eigenvalue weighted by atomic mass is 32.2. The van der Waals surface area contributed by atoms with Crippen LogP contribution in [0.25, 0.3) is 5.76 Å². The lowest BCUT2D eigenvalue weighted by Gasteiger charge is -2.03. The average molecular weight is 282 g/mol. The maximum Gasteiger partial charge on any atom is 0.673 e. The third-order valence-corrected chi connectivity index (χ3v) is 2.31. The average Bonchev–Trinajstić information content (AvgIpc) is 2.24. The maximum absolute atomic E-state index is 9.75. The van der Waals surface area contributed by atoms with Crippen LogP contribution >= 0.6 is 0 Å². The molecule has 0 radical (unpaired) electrons. The molecule has 0 unspecified atom stereocenters. The SMILES string of the molecule is CO/C(=C/[S+](C)C)c1ccccc1.F[B-](F)(F)F. The van der Waals surface area contributed by atoms with E-state index in [-0.39, 0.29) is 10.9 Å². The third kappa shape index (κ3) is 10.1. The first-order valence-electron chi connectivity index (χ1n) is 4.99. The highest BCUT2D eigenvalue weighted by molar-refractivity contribution is 7.98. The number of halogens is 4. The first kappa shape index (κ1) is 16.9. The lowest BCUT2D eigenvalue weighted by Crippen LogP contribution is -2.02. The molecule has 0 heterocycles. The van der Waals surface area contributed by atoms with Crippen LogP contribution in [-0.2, 0) is 15.6 Å². The first-order valence-corrected chi connectivity index (χ1v) is 7.09. The van der Waals surface area contributed by atoms with Gasteiger partial charge >= 0.3 is 7.25 Å². The summed E-state index contributed by atoms with van der Waals surface area (Å²) in [4.78, 5) is 0. The Hall–Kier alpha value is -1.11. The van der Waals surface area contributed by atoms with Gasteiger partial charge in [-0.05, 0) is 0 Å². The van der Waals surface area contributed by atoms with Crippen LogP contribution in [0.4, 0.5) is 17.3 Å². The first-order chi connectivity index (χ1) is 8.24. The van der Waals surface area contributed by atoms with E-state index < -0.39 is 7.25 Å². The van der Waals surface area contributed by atoms with Gasteiger partial charge in [0.05, 0.1) is 7.11 Å². The molecule has 0 aliphatic rings. The largest absolute Gasteiger partial charge is 0.673 e. The molecule has 0 saturated heterocycles. The lowest BCUT2D eigenvalue weighted by molar-refractivity contribution is 0.368. The number of methoxy groups -OCH3 is 1. The molecule has 102 valence electrons. The minimum Gasteiger partial charge on any atom is -0.492 e. The Labute approximate surface area is 107 Å². The molecule has 0 fully saturated rings. The minimum absolute atomic E-state index is 0.267. The maximum atomic E-state index is 9.75. The topological polar surface area (TPSA) is 9.23 Å². The van der Waals surface area contributed by atoms with Crippen LogP contribution in [0.1, 0.15) is 5.56 Å². The highest BCUT2D eigenvalue weighted by Gasteiger charge is 2.20. The van der Waals surface area contributed by atoms with Crippen LogP contribution in [-0.4, -0.2) is 26.9 Å². The molecule has 1 nitrogen and oxygen atoms in total. The summed E-state index contributed by atoms with van der Waals surface area (Å²) in [6, 6.07) is 10.2. The van der Waals surface area contributed by atoms with Crippen molar-refractivity contribution in [1.82, 2.24) is 0 Å². The summed E-state index contributed by atoms with van der Waals surface area (Å²) in [7, 11) is -4.02. The van der Waals surface area contributed by atoms with E-state index in [0.717, 1.165) is 11.3 Å². The zero-order valence-corrected chi connectivity index (χ0v) is 11.2. The summed E-state index contributed by atoms with van der Waals surface area (Å²) >= 11 is 0. The van der Waals surface area contributed by atoms with Gasteiger partial charge in [0.1, 0.15) is 12.5 Å². The summed E-state index contributed by atoms with van der Waals surface area (Å²) in [6.07, 6.45) is 4.34. The number of hydrogen-bond acceptors (Lipinski definition) is 1. The van der Waals surface area contributed by atoms with E-state index in [1.807, 2.05) is 18.2 Å². The predicted molar refractivity (Wildman–Crippen MR) is 70.8 cm³/mol. The van der Waals surface area contributed by atoms with Gasteiger partial charge < -0.3 is 22.0 Å². The Morgan fingerprint density at radius 3 is 1.89 bits per heavy atom. The molecule has 0 N–H and O–H groups in total. The molecular formula is C11H15BF4OS. The molecule has 0 bridgehead atoms. The molecule has 1 aromatic carbocycles. The van der Waals surface area contributed by atoms with Crippen molar-refractivity contribution in [2.75, 3.05) is 19.6 Å². The van der Waals surface area contributed by atoms with Gasteiger partial charge in [-0.15, -0.1) is 0 Å². The zero-order valence-electron chi connectivity index (χ0n) is 10.4. The van der Waals surface area contributed by atoms with Crippen molar-refractivity contribution < 1.29 is 22.0 Å². The van der Waals surface area contributed by atoms with E-state index in [2.05, 4.69) is 30.1 Å². The number of benzene rings is 1. The van der Waals surface area contributed by atoms with Gasteiger partial charge in [-0.1, -0.05) is 30.3 Å². The lowest BCUT2D eigenvalue weighted by atomic mass is 10.2. The highest BCUT2D eigenvalue weighted by Crippen LogP contribution is 2.15. The monoisotopic (exact) mass is 282 g/mol. The van der Waals surface area contributed by atoms with Gasteiger partial charge in [0.15, 0.2) is 11.2 Å². The zero-order chi connectivity index (χ0) is 14.2. The molecule has 0 saturated carbocycles. The summed E-state index contributed by atoms with van der Waals surface area (Å²) in [5, 5.41) is 2.15. The molecule has 0 atom stereocenters. The second kappa shape index (κ2) is 8.08. The van der Waals surface area contributed by atoms with Gasteiger partial charge in [0.2, 0.25) is 0 Å². The van der Waals surface area contributed by atoms with Crippen LogP contribution in [0.3, 0.4) is 0 Å². The van der Waals surface area contributed by atoms with E-state index >= 15 is 0 Å². The summed E-state index contributed by atoms with van der Waals surface area (Å²) in [5.41, 5.74) is 1.14.